The normalized spacial score (nSPS) is 9.96. The minimum atomic E-state index is 0. The molecule has 3 aromatic rings. The van der Waals surface area contributed by atoms with Gasteiger partial charge in [-0.2, -0.15) is 0 Å². The number of rotatable bonds is 5. The standard InChI is InChI=1S/C18H16N2OS.BrH/c1-14-13-22-18(19-16-10-6-3-7-11-16)20(14)12-17(21)15-8-4-2-5-9-15;/h2-11,13H,12H2,1H3;1H/p+1. The highest BCUT2D eigenvalue weighted by Gasteiger charge is 2.19. The third kappa shape index (κ3) is 4.27. The van der Waals surface area contributed by atoms with E-state index in [9.17, 15) is 4.79 Å². The second-order valence-electron chi connectivity index (χ2n) is 5.05. The van der Waals surface area contributed by atoms with Crippen LogP contribution in [0.5, 0.6) is 0 Å². The Kier molecular flexibility index (Phi) is 6.07. The summed E-state index contributed by atoms with van der Waals surface area (Å²) >= 11 is 1.61. The summed E-state index contributed by atoms with van der Waals surface area (Å²) in [6.45, 7) is 2.36. The number of Topliss-reactive ketones (excluding diaryl/α,β-unsaturated/α-hetero) is 1. The summed E-state index contributed by atoms with van der Waals surface area (Å²) in [4.78, 5) is 12.4. The fraction of sp³-hybridized carbons (Fsp3) is 0.111. The predicted octanol–water partition coefficient (Wildman–Crippen LogP) is 4.55. The quantitative estimate of drug-likeness (QED) is 0.512. The number of carbonyl (C=O) groups excluding carboxylic acids is 1. The van der Waals surface area contributed by atoms with Gasteiger partial charge in [0.15, 0.2) is 6.54 Å². The number of ketones is 1. The molecule has 1 aromatic heterocycles. The van der Waals surface area contributed by atoms with Crippen molar-refractivity contribution in [1.29, 1.82) is 0 Å². The number of anilines is 2. The van der Waals surface area contributed by atoms with E-state index in [0.717, 1.165) is 22.1 Å². The van der Waals surface area contributed by atoms with Gasteiger partial charge in [0.25, 0.3) is 0 Å². The summed E-state index contributed by atoms with van der Waals surface area (Å²) in [5.74, 6) is 0.114. The molecule has 3 nitrogen and oxygen atoms in total. The molecule has 0 aliphatic rings. The Bertz CT molecular complexity index is 772. The van der Waals surface area contributed by atoms with Gasteiger partial charge >= 0.3 is 5.13 Å². The molecule has 0 saturated carbocycles. The van der Waals surface area contributed by atoms with E-state index in [1.54, 1.807) is 11.3 Å². The number of nitrogens with zero attached hydrogens (tertiary/aromatic N) is 1. The lowest BCUT2D eigenvalue weighted by molar-refractivity contribution is -0.670. The molecule has 0 fully saturated rings. The lowest BCUT2D eigenvalue weighted by Gasteiger charge is -2.04. The second-order valence-corrected chi connectivity index (χ2v) is 5.91. The van der Waals surface area contributed by atoms with Gasteiger partial charge in [0, 0.05) is 10.9 Å². The number of nitrogens with one attached hydrogen (secondary N) is 1. The van der Waals surface area contributed by atoms with E-state index in [1.807, 2.05) is 72.2 Å². The van der Waals surface area contributed by atoms with Gasteiger partial charge in [-0.05, 0) is 19.1 Å². The van der Waals surface area contributed by atoms with E-state index in [4.69, 9.17) is 0 Å². The van der Waals surface area contributed by atoms with E-state index in [1.165, 1.54) is 0 Å². The Labute approximate surface area is 150 Å². The average Bonchev–Trinajstić information content (AvgIpc) is 2.90. The van der Waals surface area contributed by atoms with Crippen LogP contribution >= 0.6 is 28.3 Å². The molecule has 0 amide bonds. The Morgan fingerprint density at radius 3 is 2.30 bits per heavy atom. The molecule has 5 heteroatoms. The number of aryl methyl sites for hydroxylation is 1. The van der Waals surface area contributed by atoms with Crippen LogP contribution in [-0.2, 0) is 6.54 Å². The first-order valence-corrected chi connectivity index (χ1v) is 8.00. The van der Waals surface area contributed by atoms with Crippen molar-refractivity contribution >= 4 is 44.9 Å². The monoisotopic (exact) mass is 389 g/mol. The molecule has 0 atom stereocenters. The molecule has 118 valence electrons. The Balaban J connectivity index is 0.00000192. The predicted molar refractivity (Wildman–Crippen MR) is 100 cm³/mol. The molecular weight excluding hydrogens is 372 g/mol. The highest BCUT2D eigenvalue weighted by atomic mass is 79.9. The summed E-state index contributed by atoms with van der Waals surface area (Å²) in [5, 5.41) is 6.40. The molecule has 23 heavy (non-hydrogen) atoms. The molecule has 0 radical (unpaired) electrons. The molecule has 2 aromatic carbocycles. The van der Waals surface area contributed by atoms with Crippen molar-refractivity contribution in [3.63, 3.8) is 0 Å². The van der Waals surface area contributed by atoms with Crippen molar-refractivity contribution in [3.05, 3.63) is 77.3 Å². The van der Waals surface area contributed by atoms with Gasteiger partial charge in [-0.15, -0.1) is 17.0 Å². The number of hydrogen-bond acceptors (Lipinski definition) is 3. The largest absolute Gasteiger partial charge is 0.339 e. The number of thiazole rings is 1. The van der Waals surface area contributed by atoms with Crippen molar-refractivity contribution in [3.8, 4) is 0 Å². The van der Waals surface area contributed by atoms with Crippen LogP contribution in [0.15, 0.2) is 66.0 Å². The summed E-state index contributed by atoms with van der Waals surface area (Å²) in [7, 11) is 0. The van der Waals surface area contributed by atoms with Gasteiger partial charge in [-0.3, -0.25) is 4.79 Å². The molecule has 3 rings (SSSR count). The van der Waals surface area contributed by atoms with E-state index in [2.05, 4.69) is 10.7 Å². The molecule has 0 aliphatic carbocycles. The van der Waals surface area contributed by atoms with Crippen LogP contribution in [0.4, 0.5) is 10.8 Å². The summed E-state index contributed by atoms with van der Waals surface area (Å²) in [6, 6.07) is 19.4. The first-order valence-electron chi connectivity index (χ1n) is 7.12. The van der Waals surface area contributed by atoms with Gasteiger partial charge in [0.2, 0.25) is 5.78 Å². The number of aromatic nitrogens is 1. The van der Waals surface area contributed by atoms with Crippen LogP contribution in [0.3, 0.4) is 0 Å². The molecule has 0 bridgehead atoms. The van der Waals surface area contributed by atoms with Crippen LogP contribution in [0.2, 0.25) is 0 Å². The van der Waals surface area contributed by atoms with Gasteiger partial charge in [-0.1, -0.05) is 59.9 Å². The molecule has 0 saturated heterocycles. The first-order chi connectivity index (χ1) is 10.7. The maximum atomic E-state index is 12.4. The smallest absolute Gasteiger partial charge is 0.290 e. The van der Waals surface area contributed by atoms with E-state index < -0.39 is 0 Å². The van der Waals surface area contributed by atoms with Crippen LogP contribution in [0.1, 0.15) is 16.1 Å². The Hall–Kier alpha value is -1.98. The maximum Gasteiger partial charge on any atom is 0.339 e. The SMILES string of the molecule is Br.Cc1csc(Nc2ccccc2)[n+]1CC(=O)c1ccccc1. The number of benzene rings is 2. The molecule has 1 heterocycles. The molecule has 0 aliphatic heterocycles. The lowest BCUT2D eigenvalue weighted by Crippen LogP contribution is -2.40. The van der Waals surface area contributed by atoms with Crippen molar-refractivity contribution in [2.24, 2.45) is 0 Å². The third-order valence-corrected chi connectivity index (χ3v) is 4.44. The second kappa shape index (κ2) is 8.04. The summed E-state index contributed by atoms with van der Waals surface area (Å²) in [6.07, 6.45) is 0. The topological polar surface area (TPSA) is 33.0 Å². The van der Waals surface area contributed by atoms with Gasteiger partial charge in [0.1, 0.15) is 11.4 Å². The maximum absolute atomic E-state index is 12.4. The van der Waals surface area contributed by atoms with Crippen molar-refractivity contribution < 1.29 is 9.36 Å². The van der Waals surface area contributed by atoms with E-state index in [0.29, 0.717) is 6.54 Å². The molecule has 0 unspecified atom stereocenters. The minimum Gasteiger partial charge on any atom is -0.290 e. The summed E-state index contributed by atoms with van der Waals surface area (Å²) in [5.41, 5.74) is 2.84. The Morgan fingerprint density at radius 2 is 1.65 bits per heavy atom. The molecular formula is C18H18BrN2OS+. The fourth-order valence-corrected chi connectivity index (χ4v) is 3.15. The van der Waals surface area contributed by atoms with Gasteiger partial charge in [0.05, 0.1) is 0 Å². The number of hydrogen-bond donors (Lipinski definition) is 1. The highest BCUT2D eigenvalue weighted by molar-refractivity contribution is 8.93. The molecule has 0 spiro atoms. The van der Waals surface area contributed by atoms with Crippen LogP contribution < -0.4 is 9.88 Å². The van der Waals surface area contributed by atoms with E-state index >= 15 is 0 Å². The zero-order chi connectivity index (χ0) is 15.4. The number of halogens is 1. The van der Waals surface area contributed by atoms with Crippen molar-refractivity contribution in [2.75, 3.05) is 5.32 Å². The average molecular weight is 390 g/mol. The van der Waals surface area contributed by atoms with Gasteiger partial charge < -0.3 is 0 Å². The Morgan fingerprint density at radius 1 is 1.04 bits per heavy atom. The fourth-order valence-electron chi connectivity index (χ4n) is 2.23. The zero-order valence-corrected chi connectivity index (χ0v) is 15.3. The highest BCUT2D eigenvalue weighted by Crippen LogP contribution is 2.19. The van der Waals surface area contributed by atoms with E-state index in [-0.39, 0.29) is 22.8 Å². The first kappa shape index (κ1) is 17.4. The number of para-hydroxylation sites is 1. The minimum absolute atomic E-state index is 0. The third-order valence-electron chi connectivity index (χ3n) is 3.43. The lowest BCUT2D eigenvalue weighted by atomic mass is 10.1. The van der Waals surface area contributed by atoms with Crippen molar-refractivity contribution in [1.82, 2.24) is 0 Å². The molecule has 1 N–H and O–H groups in total. The van der Waals surface area contributed by atoms with Crippen LogP contribution in [-0.4, -0.2) is 5.78 Å². The van der Waals surface area contributed by atoms with Gasteiger partial charge in [-0.25, -0.2) is 9.88 Å². The zero-order valence-electron chi connectivity index (χ0n) is 12.7. The van der Waals surface area contributed by atoms with Crippen LogP contribution in [0, 0.1) is 6.92 Å². The van der Waals surface area contributed by atoms with Crippen molar-refractivity contribution in [2.45, 2.75) is 13.5 Å². The van der Waals surface area contributed by atoms with Crippen LogP contribution in [0.25, 0.3) is 0 Å². The number of carbonyl (C=O) groups is 1. The summed E-state index contributed by atoms with van der Waals surface area (Å²) < 4.78 is 2.02.